The van der Waals surface area contributed by atoms with Crippen molar-refractivity contribution >= 4 is 59.6 Å². The van der Waals surface area contributed by atoms with Gasteiger partial charge in [-0.25, -0.2) is 0 Å². The number of halogens is 3. The topological polar surface area (TPSA) is 71.3 Å². The lowest BCUT2D eigenvalue weighted by Gasteiger charge is -2.66. The highest BCUT2D eigenvalue weighted by Crippen LogP contribution is 2.82. The molecule has 126 valence electrons. The Morgan fingerprint density at radius 3 is 2.48 bits per heavy atom. The van der Waals surface area contributed by atoms with Crippen LogP contribution in [-0.4, -0.2) is 20.4 Å². The van der Waals surface area contributed by atoms with E-state index in [1.54, 1.807) is 12.1 Å². The summed E-state index contributed by atoms with van der Waals surface area (Å²) in [7, 11) is 0. The van der Waals surface area contributed by atoms with Gasteiger partial charge in [0.25, 0.3) is 0 Å². The number of fused-ring (bicyclic) bond motifs is 1. The monoisotopic (exact) mass is 510 g/mol. The van der Waals surface area contributed by atoms with Crippen molar-refractivity contribution in [2.24, 2.45) is 16.2 Å². The molecule has 8 heteroatoms. The van der Waals surface area contributed by atoms with Crippen LogP contribution in [0.3, 0.4) is 0 Å². The fourth-order valence-electron chi connectivity index (χ4n) is 4.39. The third-order valence-electron chi connectivity index (χ3n) is 5.93. The van der Waals surface area contributed by atoms with E-state index in [2.05, 4.69) is 72.5 Å². The molecule has 3 aliphatic rings. The van der Waals surface area contributed by atoms with Crippen molar-refractivity contribution in [1.29, 1.82) is 0 Å². The summed E-state index contributed by atoms with van der Waals surface area (Å²) in [5.74, 6) is -0.475. The minimum Gasteiger partial charge on any atom is -0.459 e. The number of hydrogen-bond acceptors (Lipinski definition) is 3. The lowest BCUT2D eigenvalue weighted by atomic mass is 9.43. The highest BCUT2D eigenvalue weighted by molar-refractivity contribution is 9.24. The Bertz CT molecular complexity index is 646. The quantitative estimate of drug-likeness (QED) is 0.479. The van der Waals surface area contributed by atoms with Gasteiger partial charge in [0, 0.05) is 10.2 Å². The minimum absolute atomic E-state index is 0.0294. The van der Waals surface area contributed by atoms with Gasteiger partial charge in [0.15, 0.2) is 5.76 Å². The molecule has 3 unspecified atom stereocenters. The predicted octanol–water partition coefficient (Wildman–Crippen LogP) is 3.73. The van der Waals surface area contributed by atoms with Crippen molar-refractivity contribution < 1.29 is 14.0 Å². The molecule has 2 bridgehead atoms. The van der Waals surface area contributed by atoms with Crippen LogP contribution in [0.25, 0.3) is 0 Å². The normalized spacial score (nSPS) is 34.1. The highest BCUT2D eigenvalue weighted by Gasteiger charge is 2.83. The third-order valence-corrected chi connectivity index (χ3v) is 9.16. The maximum atomic E-state index is 12.9. The summed E-state index contributed by atoms with van der Waals surface area (Å²) in [5, 5.41) is 0. The summed E-state index contributed by atoms with van der Waals surface area (Å²) in [6.07, 6.45) is 3.11. The lowest BCUT2D eigenvalue weighted by molar-refractivity contribution is -0.162. The number of carbonyl (C=O) groups is 2. The SMILES string of the molecule is CC1(C)C2(C(=O)NNC(=O)c3ccco3)CCC1(C(Br)Br)C2Br. The number of carbonyl (C=O) groups excluding carboxylic acids is 2. The first-order chi connectivity index (χ1) is 10.7. The van der Waals surface area contributed by atoms with Crippen molar-refractivity contribution in [3.8, 4) is 0 Å². The Kier molecular flexibility index (Phi) is 4.25. The van der Waals surface area contributed by atoms with Crippen molar-refractivity contribution in [3.05, 3.63) is 24.2 Å². The summed E-state index contributed by atoms with van der Waals surface area (Å²) >= 11 is 11.0. The van der Waals surface area contributed by atoms with Crippen LogP contribution >= 0.6 is 47.8 Å². The summed E-state index contributed by atoms with van der Waals surface area (Å²) in [6, 6.07) is 3.16. The minimum atomic E-state index is -0.552. The molecule has 3 fully saturated rings. The number of rotatable bonds is 3. The van der Waals surface area contributed by atoms with E-state index in [0.717, 1.165) is 12.8 Å². The second kappa shape index (κ2) is 5.59. The average Bonchev–Trinajstić information content (AvgIpc) is 3.16. The third kappa shape index (κ3) is 2.00. The Hall–Kier alpha value is -0.340. The van der Waals surface area contributed by atoms with Crippen LogP contribution in [-0.2, 0) is 4.79 Å². The summed E-state index contributed by atoms with van der Waals surface area (Å²) in [5.41, 5.74) is 4.19. The standard InChI is InChI=1S/C15H17Br3N2O3/c1-13(2)14(11(17)18)5-6-15(13,10(14)16)12(22)20-19-9(21)8-4-3-7-23-8/h3-4,7,10-11H,5-6H2,1-2H3,(H,19,21)(H,20,22). The molecule has 3 aliphatic carbocycles. The largest absolute Gasteiger partial charge is 0.459 e. The van der Waals surface area contributed by atoms with Crippen LogP contribution in [0.4, 0.5) is 0 Å². The zero-order valence-corrected chi connectivity index (χ0v) is 17.4. The highest BCUT2D eigenvalue weighted by atomic mass is 79.9. The number of hydrogen-bond donors (Lipinski definition) is 2. The van der Waals surface area contributed by atoms with Gasteiger partial charge in [-0.2, -0.15) is 0 Å². The molecule has 5 nitrogen and oxygen atoms in total. The van der Waals surface area contributed by atoms with E-state index in [1.165, 1.54) is 6.26 Å². The number of hydrazine groups is 1. The lowest BCUT2D eigenvalue weighted by Crippen LogP contribution is -2.72. The molecule has 0 radical (unpaired) electrons. The van der Waals surface area contributed by atoms with Crippen LogP contribution in [0, 0.1) is 16.2 Å². The maximum Gasteiger partial charge on any atom is 0.305 e. The molecule has 2 amide bonds. The molecule has 3 atom stereocenters. The van der Waals surface area contributed by atoms with E-state index < -0.39 is 11.3 Å². The molecule has 1 aromatic heterocycles. The molecule has 4 rings (SSSR count). The second-order valence-electron chi connectivity index (χ2n) is 6.69. The maximum absolute atomic E-state index is 12.9. The molecule has 0 spiro atoms. The van der Waals surface area contributed by atoms with Gasteiger partial charge >= 0.3 is 5.91 Å². The van der Waals surface area contributed by atoms with Gasteiger partial charge in [-0.05, 0) is 30.4 Å². The van der Waals surface area contributed by atoms with Gasteiger partial charge in [0.2, 0.25) is 5.91 Å². The van der Waals surface area contributed by atoms with Crippen LogP contribution in [0.2, 0.25) is 0 Å². The number of alkyl halides is 3. The van der Waals surface area contributed by atoms with Crippen LogP contribution < -0.4 is 10.9 Å². The molecule has 0 aliphatic heterocycles. The van der Waals surface area contributed by atoms with Gasteiger partial charge in [-0.1, -0.05) is 61.6 Å². The molecule has 0 saturated heterocycles. The van der Waals surface area contributed by atoms with E-state index in [4.69, 9.17) is 4.42 Å². The Labute approximate surface area is 159 Å². The van der Waals surface area contributed by atoms with E-state index in [0.29, 0.717) is 0 Å². The van der Waals surface area contributed by atoms with E-state index in [-0.39, 0.29) is 31.1 Å². The summed E-state index contributed by atoms with van der Waals surface area (Å²) in [4.78, 5) is 24.8. The summed E-state index contributed by atoms with van der Waals surface area (Å²) < 4.78 is 5.13. The first kappa shape index (κ1) is 17.5. The smallest absolute Gasteiger partial charge is 0.305 e. The second-order valence-corrected chi connectivity index (χ2v) is 10.7. The Morgan fingerprint density at radius 2 is 2.00 bits per heavy atom. The van der Waals surface area contributed by atoms with Crippen molar-refractivity contribution in [3.63, 3.8) is 0 Å². The first-order valence-electron chi connectivity index (χ1n) is 7.28. The van der Waals surface area contributed by atoms with Crippen LogP contribution in [0.1, 0.15) is 37.2 Å². The fraction of sp³-hybridized carbons (Fsp3) is 0.600. The number of furan rings is 1. The molecule has 0 aromatic carbocycles. The van der Waals surface area contributed by atoms with Crippen LogP contribution in [0.15, 0.2) is 22.8 Å². The van der Waals surface area contributed by atoms with Gasteiger partial charge in [0.1, 0.15) is 0 Å². The number of amides is 2. The van der Waals surface area contributed by atoms with Gasteiger partial charge in [-0.15, -0.1) is 0 Å². The molecular formula is C15H17Br3N2O3. The van der Waals surface area contributed by atoms with Crippen LogP contribution in [0.5, 0.6) is 0 Å². The zero-order valence-electron chi connectivity index (χ0n) is 12.7. The molecular weight excluding hydrogens is 496 g/mol. The Morgan fingerprint density at radius 1 is 1.30 bits per heavy atom. The fourth-order valence-corrected chi connectivity index (χ4v) is 9.31. The van der Waals surface area contributed by atoms with Crippen molar-refractivity contribution in [2.45, 2.75) is 35.3 Å². The van der Waals surface area contributed by atoms with E-state index in [9.17, 15) is 9.59 Å². The van der Waals surface area contributed by atoms with E-state index >= 15 is 0 Å². The average molecular weight is 513 g/mol. The van der Waals surface area contributed by atoms with Crippen molar-refractivity contribution in [1.82, 2.24) is 10.9 Å². The summed E-state index contributed by atoms with van der Waals surface area (Å²) in [6.45, 7) is 4.22. The van der Waals surface area contributed by atoms with Gasteiger partial charge in [-0.3, -0.25) is 20.4 Å². The predicted molar refractivity (Wildman–Crippen MR) is 96.6 cm³/mol. The molecule has 2 N–H and O–H groups in total. The number of nitrogens with one attached hydrogen (secondary N) is 2. The molecule has 23 heavy (non-hydrogen) atoms. The molecule has 1 aromatic rings. The Balaban J connectivity index is 1.75. The van der Waals surface area contributed by atoms with Crippen molar-refractivity contribution in [2.75, 3.05) is 0 Å². The van der Waals surface area contributed by atoms with Gasteiger partial charge in [0.05, 0.1) is 15.4 Å². The van der Waals surface area contributed by atoms with E-state index in [1.807, 2.05) is 0 Å². The molecule has 3 saturated carbocycles. The first-order valence-corrected chi connectivity index (χ1v) is 10.0. The van der Waals surface area contributed by atoms with Gasteiger partial charge < -0.3 is 4.42 Å². The molecule has 1 heterocycles. The zero-order chi connectivity index (χ0) is 17.0.